The minimum Gasteiger partial charge on any atom is -0.326 e. The van der Waals surface area contributed by atoms with Crippen LogP contribution in [0.15, 0.2) is 47.4 Å². The van der Waals surface area contributed by atoms with Crippen LogP contribution in [0.3, 0.4) is 0 Å². The molecule has 4 heteroatoms. The Morgan fingerprint density at radius 1 is 1.10 bits per heavy atom. The molecule has 0 radical (unpaired) electrons. The molecule has 0 spiro atoms. The third-order valence-electron chi connectivity index (χ3n) is 3.51. The van der Waals surface area contributed by atoms with E-state index in [4.69, 9.17) is 28.9 Å². The van der Waals surface area contributed by atoms with E-state index in [-0.39, 0.29) is 11.3 Å². The predicted octanol–water partition coefficient (Wildman–Crippen LogP) is 5.87. The van der Waals surface area contributed by atoms with E-state index in [0.717, 1.165) is 11.3 Å². The Bertz CT molecular complexity index is 615. The second kappa shape index (κ2) is 7.55. The zero-order valence-corrected chi connectivity index (χ0v) is 14.5. The van der Waals surface area contributed by atoms with Crippen molar-refractivity contribution in [2.24, 2.45) is 5.73 Å². The van der Waals surface area contributed by atoms with Crippen LogP contribution in [0.2, 0.25) is 10.0 Å². The Kier molecular flexibility index (Phi) is 6.00. The maximum atomic E-state index is 6.35. The molecule has 2 unspecified atom stereocenters. The largest absolute Gasteiger partial charge is 0.326 e. The smallest absolute Gasteiger partial charge is 0.0603 e. The van der Waals surface area contributed by atoms with E-state index in [0.29, 0.717) is 10.0 Å². The zero-order valence-electron chi connectivity index (χ0n) is 12.1. The van der Waals surface area contributed by atoms with Gasteiger partial charge in [0.05, 0.1) is 10.0 Å². The number of benzene rings is 2. The lowest BCUT2D eigenvalue weighted by Crippen LogP contribution is -2.26. The Morgan fingerprint density at radius 2 is 1.81 bits per heavy atom. The summed E-state index contributed by atoms with van der Waals surface area (Å²) in [6.45, 7) is 4.24. The summed E-state index contributed by atoms with van der Waals surface area (Å²) in [6.07, 6.45) is 0.924. The monoisotopic (exact) mass is 339 g/mol. The van der Waals surface area contributed by atoms with Gasteiger partial charge in [-0.05, 0) is 42.7 Å². The molecule has 2 rings (SSSR count). The number of hydrogen-bond donors (Lipinski definition) is 1. The normalized spacial score (nSPS) is 14.0. The SMILES string of the molecule is CCC(N)C(Sc1ccc(Cl)c(Cl)c1)c1ccccc1C. The van der Waals surface area contributed by atoms with Gasteiger partial charge in [-0.25, -0.2) is 0 Å². The third kappa shape index (κ3) is 4.17. The minimum atomic E-state index is 0.0885. The summed E-state index contributed by atoms with van der Waals surface area (Å²) in [7, 11) is 0. The van der Waals surface area contributed by atoms with Gasteiger partial charge in [0.15, 0.2) is 0 Å². The van der Waals surface area contributed by atoms with Crippen LogP contribution in [0.25, 0.3) is 0 Å². The van der Waals surface area contributed by atoms with Gasteiger partial charge >= 0.3 is 0 Å². The van der Waals surface area contributed by atoms with Gasteiger partial charge < -0.3 is 5.73 Å². The van der Waals surface area contributed by atoms with Crippen molar-refractivity contribution in [3.63, 3.8) is 0 Å². The van der Waals surface area contributed by atoms with Crippen LogP contribution >= 0.6 is 35.0 Å². The van der Waals surface area contributed by atoms with E-state index < -0.39 is 0 Å². The van der Waals surface area contributed by atoms with Crippen molar-refractivity contribution in [3.8, 4) is 0 Å². The topological polar surface area (TPSA) is 26.0 Å². The third-order valence-corrected chi connectivity index (χ3v) is 5.63. The molecule has 1 nitrogen and oxygen atoms in total. The summed E-state index contributed by atoms with van der Waals surface area (Å²) < 4.78 is 0. The van der Waals surface area contributed by atoms with E-state index in [1.807, 2.05) is 18.2 Å². The summed E-state index contributed by atoms with van der Waals surface area (Å²) in [5.74, 6) is 0. The van der Waals surface area contributed by atoms with E-state index in [1.54, 1.807) is 11.8 Å². The average Bonchev–Trinajstić information content (AvgIpc) is 2.48. The molecule has 2 N–H and O–H groups in total. The molecule has 0 fully saturated rings. The summed E-state index contributed by atoms with van der Waals surface area (Å²) in [4.78, 5) is 1.08. The van der Waals surface area contributed by atoms with Gasteiger partial charge in [0.25, 0.3) is 0 Å². The molecular formula is C17H19Cl2NS. The van der Waals surface area contributed by atoms with Crippen LogP contribution in [-0.4, -0.2) is 6.04 Å². The number of thioether (sulfide) groups is 1. The van der Waals surface area contributed by atoms with Crippen LogP contribution < -0.4 is 5.73 Å². The first kappa shape index (κ1) is 16.7. The van der Waals surface area contributed by atoms with Crippen molar-refractivity contribution >= 4 is 35.0 Å². The molecule has 2 aromatic carbocycles. The Hall–Kier alpha value is -0.670. The maximum absolute atomic E-state index is 6.35. The number of nitrogens with two attached hydrogens (primary N) is 1. The average molecular weight is 340 g/mol. The van der Waals surface area contributed by atoms with Gasteiger partial charge in [0.1, 0.15) is 0 Å². The second-order valence-electron chi connectivity index (χ2n) is 5.04. The number of rotatable bonds is 5. The van der Waals surface area contributed by atoms with Crippen molar-refractivity contribution in [2.45, 2.75) is 36.5 Å². The fourth-order valence-electron chi connectivity index (χ4n) is 2.20. The summed E-state index contributed by atoms with van der Waals surface area (Å²) in [5, 5.41) is 1.36. The molecule has 21 heavy (non-hydrogen) atoms. The number of halogens is 2. The highest BCUT2D eigenvalue weighted by atomic mass is 35.5. The van der Waals surface area contributed by atoms with Crippen LogP contribution in [0.4, 0.5) is 0 Å². The van der Waals surface area contributed by atoms with Gasteiger partial charge in [-0.1, -0.05) is 54.4 Å². The summed E-state index contributed by atoms with van der Waals surface area (Å²) in [6, 6.07) is 14.2. The van der Waals surface area contributed by atoms with Crippen LogP contribution in [0.1, 0.15) is 29.7 Å². The van der Waals surface area contributed by atoms with Gasteiger partial charge in [-0.2, -0.15) is 0 Å². The second-order valence-corrected chi connectivity index (χ2v) is 7.07. The molecule has 0 aliphatic heterocycles. The Balaban J connectivity index is 2.33. The van der Waals surface area contributed by atoms with Gasteiger partial charge in [-0.3, -0.25) is 0 Å². The van der Waals surface area contributed by atoms with Gasteiger partial charge in [0, 0.05) is 16.2 Å². The fraction of sp³-hybridized carbons (Fsp3) is 0.294. The van der Waals surface area contributed by atoms with Crippen LogP contribution in [0, 0.1) is 6.92 Å². The minimum absolute atomic E-state index is 0.0885. The lowest BCUT2D eigenvalue weighted by atomic mass is 10.00. The molecular weight excluding hydrogens is 321 g/mol. The summed E-state index contributed by atoms with van der Waals surface area (Å²) >= 11 is 13.8. The van der Waals surface area contributed by atoms with Crippen molar-refractivity contribution in [1.29, 1.82) is 0 Å². The van der Waals surface area contributed by atoms with Crippen molar-refractivity contribution in [2.75, 3.05) is 0 Å². The number of aryl methyl sites for hydroxylation is 1. The maximum Gasteiger partial charge on any atom is 0.0603 e. The lowest BCUT2D eigenvalue weighted by Gasteiger charge is -2.24. The first-order valence-corrected chi connectivity index (χ1v) is 8.59. The molecule has 2 atom stereocenters. The number of hydrogen-bond acceptors (Lipinski definition) is 2. The lowest BCUT2D eigenvalue weighted by molar-refractivity contribution is 0.632. The Labute approximate surface area is 140 Å². The van der Waals surface area contributed by atoms with Crippen molar-refractivity contribution < 1.29 is 0 Å². The van der Waals surface area contributed by atoms with Gasteiger partial charge in [0.2, 0.25) is 0 Å². The molecule has 0 bridgehead atoms. The summed E-state index contributed by atoms with van der Waals surface area (Å²) in [5.41, 5.74) is 8.90. The van der Waals surface area contributed by atoms with Crippen LogP contribution in [0.5, 0.6) is 0 Å². The van der Waals surface area contributed by atoms with E-state index in [2.05, 4.69) is 38.1 Å². The molecule has 112 valence electrons. The molecule has 0 aliphatic rings. The van der Waals surface area contributed by atoms with Gasteiger partial charge in [-0.15, -0.1) is 11.8 Å². The Morgan fingerprint density at radius 3 is 2.43 bits per heavy atom. The van der Waals surface area contributed by atoms with Crippen molar-refractivity contribution in [3.05, 3.63) is 63.6 Å². The molecule has 0 aromatic heterocycles. The standard InChI is InChI=1S/C17H19Cl2NS/c1-3-16(20)17(13-7-5-4-6-11(13)2)21-12-8-9-14(18)15(19)10-12/h4-10,16-17H,3,20H2,1-2H3. The predicted molar refractivity (Wildman–Crippen MR) is 94.5 cm³/mol. The highest BCUT2D eigenvalue weighted by Gasteiger charge is 2.21. The molecule has 0 saturated carbocycles. The first-order valence-electron chi connectivity index (χ1n) is 6.95. The quantitative estimate of drug-likeness (QED) is 0.689. The molecule has 0 heterocycles. The van der Waals surface area contributed by atoms with E-state index >= 15 is 0 Å². The van der Waals surface area contributed by atoms with Crippen molar-refractivity contribution in [1.82, 2.24) is 0 Å². The molecule has 2 aromatic rings. The molecule has 0 saturated heterocycles. The zero-order chi connectivity index (χ0) is 15.4. The van der Waals surface area contributed by atoms with Crippen LogP contribution in [-0.2, 0) is 0 Å². The molecule has 0 aliphatic carbocycles. The highest BCUT2D eigenvalue weighted by Crippen LogP contribution is 2.40. The van der Waals surface area contributed by atoms with E-state index in [1.165, 1.54) is 11.1 Å². The molecule has 0 amide bonds. The first-order chi connectivity index (χ1) is 10.0. The fourth-order valence-corrected chi connectivity index (χ4v) is 3.95. The highest BCUT2D eigenvalue weighted by molar-refractivity contribution is 7.99. The van der Waals surface area contributed by atoms with E-state index in [9.17, 15) is 0 Å².